The molecule has 1 heteroatoms. The smallest absolute Gasteiger partial charge is 0.0651 e. The summed E-state index contributed by atoms with van der Waals surface area (Å²) < 4.78 is 6.03. The van der Waals surface area contributed by atoms with Crippen LogP contribution in [0.25, 0.3) is 0 Å². The summed E-state index contributed by atoms with van der Waals surface area (Å²) in [4.78, 5) is 0. The van der Waals surface area contributed by atoms with Crippen LogP contribution in [-0.2, 0) is 4.74 Å². The minimum absolute atomic E-state index is 0.533. The summed E-state index contributed by atoms with van der Waals surface area (Å²) in [5.41, 5.74) is 0. The Labute approximate surface area is 163 Å². The third-order valence-corrected chi connectivity index (χ3v) is 6.77. The van der Waals surface area contributed by atoms with Gasteiger partial charge >= 0.3 is 0 Å². The van der Waals surface area contributed by atoms with Gasteiger partial charge in [0.15, 0.2) is 0 Å². The molecule has 2 saturated carbocycles. The van der Waals surface area contributed by atoms with Crippen LogP contribution in [0.5, 0.6) is 0 Å². The maximum absolute atomic E-state index is 6.03. The van der Waals surface area contributed by atoms with Gasteiger partial charge in [-0.2, -0.15) is 0 Å². The maximum atomic E-state index is 6.03. The first kappa shape index (κ1) is 21.7. The van der Waals surface area contributed by atoms with Gasteiger partial charge in [-0.1, -0.05) is 76.2 Å². The van der Waals surface area contributed by atoms with Crippen molar-refractivity contribution in [2.24, 2.45) is 17.8 Å². The molecule has 0 aliphatic heterocycles. The first-order chi connectivity index (χ1) is 12.8. The molecule has 0 aromatic heterocycles. The third-order valence-electron chi connectivity index (χ3n) is 6.77. The molecule has 2 fully saturated rings. The van der Waals surface area contributed by atoms with Gasteiger partial charge in [0.05, 0.1) is 12.7 Å². The summed E-state index contributed by atoms with van der Waals surface area (Å²) >= 11 is 0. The van der Waals surface area contributed by atoms with Crippen molar-refractivity contribution in [1.29, 1.82) is 0 Å². The first-order valence-electron chi connectivity index (χ1n) is 11.7. The van der Waals surface area contributed by atoms with Crippen molar-refractivity contribution in [3.05, 3.63) is 24.3 Å². The van der Waals surface area contributed by atoms with E-state index >= 15 is 0 Å². The van der Waals surface area contributed by atoms with Gasteiger partial charge in [0.1, 0.15) is 0 Å². The fourth-order valence-electron chi connectivity index (χ4n) is 4.91. The lowest BCUT2D eigenvalue weighted by atomic mass is 9.76. The van der Waals surface area contributed by atoms with Crippen molar-refractivity contribution in [2.45, 2.75) is 110 Å². The standard InChI is InChI=1S/C25H44O/c1-3-5-7-9-21-26-25-19-17-24(18-20-25)16-15-23-13-11-22(12-14-23)10-8-6-4-2/h4,6-7,9,22-25H,3,5,8,10-21H2,1-2H3. The number of unbranched alkanes of at least 4 members (excludes halogenated alkanes) is 1. The summed E-state index contributed by atoms with van der Waals surface area (Å²) in [5, 5.41) is 0. The quantitative estimate of drug-likeness (QED) is 0.341. The van der Waals surface area contributed by atoms with Gasteiger partial charge in [0, 0.05) is 0 Å². The van der Waals surface area contributed by atoms with Crippen LogP contribution in [0, 0.1) is 17.8 Å². The van der Waals surface area contributed by atoms with Crippen molar-refractivity contribution >= 4 is 0 Å². The minimum Gasteiger partial charge on any atom is -0.374 e. The molecule has 150 valence electrons. The molecule has 0 amide bonds. The van der Waals surface area contributed by atoms with Crippen LogP contribution < -0.4 is 0 Å². The second-order valence-electron chi connectivity index (χ2n) is 8.85. The molecule has 2 rings (SSSR count). The Balaban J connectivity index is 1.50. The van der Waals surface area contributed by atoms with Gasteiger partial charge in [-0.15, -0.1) is 0 Å². The number of hydrogen-bond acceptors (Lipinski definition) is 1. The summed E-state index contributed by atoms with van der Waals surface area (Å²) in [6.07, 6.45) is 29.1. The van der Waals surface area contributed by atoms with Gasteiger partial charge in [-0.05, 0) is 69.6 Å². The van der Waals surface area contributed by atoms with E-state index in [1.54, 1.807) is 0 Å². The molecule has 0 atom stereocenters. The average Bonchev–Trinajstić information content (AvgIpc) is 2.68. The predicted molar refractivity (Wildman–Crippen MR) is 114 cm³/mol. The SMILES string of the molecule is CC=CCCC1CCC(CCC2CCC(OCC=CCCC)CC2)CC1. The van der Waals surface area contributed by atoms with Crippen molar-refractivity contribution < 1.29 is 4.74 Å². The van der Waals surface area contributed by atoms with Crippen LogP contribution in [0.4, 0.5) is 0 Å². The molecule has 0 spiro atoms. The number of hydrogen-bond donors (Lipinski definition) is 0. The van der Waals surface area contributed by atoms with Crippen molar-refractivity contribution in [3.63, 3.8) is 0 Å². The molecule has 0 heterocycles. The number of ether oxygens (including phenoxy) is 1. The summed E-state index contributed by atoms with van der Waals surface area (Å²) in [6.45, 7) is 5.19. The lowest BCUT2D eigenvalue weighted by Gasteiger charge is -2.32. The van der Waals surface area contributed by atoms with Gasteiger partial charge in [0.25, 0.3) is 0 Å². The molecule has 26 heavy (non-hydrogen) atoms. The Morgan fingerprint density at radius 2 is 1.27 bits per heavy atom. The highest BCUT2D eigenvalue weighted by Crippen LogP contribution is 2.37. The number of rotatable bonds is 11. The summed E-state index contributed by atoms with van der Waals surface area (Å²) in [5.74, 6) is 3.03. The first-order valence-corrected chi connectivity index (χ1v) is 11.7. The van der Waals surface area contributed by atoms with Crippen LogP contribution >= 0.6 is 0 Å². The second kappa shape index (κ2) is 13.6. The lowest BCUT2D eigenvalue weighted by molar-refractivity contribution is 0.0324. The van der Waals surface area contributed by atoms with E-state index in [9.17, 15) is 0 Å². The van der Waals surface area contributed by atoms with Gasteiger partial charge in [-0.3, -0.25) is 0 Å². The zero-order chi connectivity index (χ0) is 18.5. The molecule has 0 bridgehead atoms. The molecule has 2 aliphatic carbocycles. The van der Waals surface area contributed by atoms with Crippen molar-refractivity contribution in [3.8, 4) is 0 Å². The third kappa shape index (κ3) is 8.89. The zero-order valence-corrected chi connectivity index (χ0v) is 17.6. The molecular weight excluding hydrogens is 316 g/mol. The summed E-state index contributed by atoms with van der Waals surface area (Å²) in [7, 11) is 0. The fraction of sp³-hybridized carbons (Fsp3) is 0.840. The molecule has 2 aliphatic rings. The summed E-state index contributed by atoms with van der Waals surface area (Å²) in [6, 6.07) is 0. The van der Waals surface area contributed by atoms with E-state index in [0.717, 1.165) is 24.4 Å². The van der Waals surface area contributed by atoms with E-state index < -0.39 is 0 Å². The number of allylic oxidation sites excluding steroid dienone is 3. The van der Waals surface area contributed by atoms with Crippen LogP contribution in [0.15, 0.2) is 24.3 Å². The van der Waals surface area contributed by atoms with E-state index in [-0.39, 0.29) is 0 Å². The topological polar surface area (TPSA) is 9.23 Å². The van der Waals surface area contributed by atoms with E-state index in [2.05, 4.69) is 38.2 Å². The normalized spacial score (nSPS) is 30.4. The molecular formula is C25H44O. The molecule has 0 N–H and O–H groups in total. The van der Waals surface area contributed by atoms with E-state index in [1.165, 1.54) is 89.9 Å². The molecule has 0 radical (unpaired) electrons. The van der Waals surface area contributed by atoms with E-state index in [4.69, 9.17) is 4.74 Å². The Bertz CT molecular complexity index is 381. The zero-order valence-electron chi connectivity index (χ0n) is 17.6. The molecule has 0 saturated heterocycles. The van der Waals surface area contributed by atoms with E-state index in [1.807, 2.05) is 0 Å². The highest BCUT2D eigenvalue weighted by Gasteiger charge is 2.24. The van der Waals surface area contributed by atoms with Gasteiger partial charge in [0.2, 0.25) is 0 Å². The molecule has 0 aromatic rings. The van der Waals surface area contributed by atoms with Crippen molar-refractivity contribution in [1.82, 2.24) is 0 Å². The lowest BCUT2D eigenvalue weighted by Crippen LogP contribution is -2.22. The Morgan fingerprint density at radius 1 is 0.692 bits per heavy atom. The Hall–Kier alpha value is -0.560. The van der Waals surface area contributed by atoms with Crippen LogP contribution in [0.3, 0.4) is 0 Å². The molecule has 0 aromatic carbocycles. The highest BCUT2D eigenvalue weighted by molar-refractivity contribution is 4.83. The monoisotopic (exact) mass is 360 g/mol. The van der Waals surface area contributed by atoms with Gasteiger partial charge < -0.3 is 4.74 Å². The second-order valence-corrected chi connectivity index (χ2v) is 8.85. The van der Waals surface area contributed by atoms with Crippen LogP contribution in [0.1, 0.15) is 104 Å². The van der Waals surface area contributed by atoms with Gasteiger partial charge in [-0.25, -0.2) is 0 Å². The molecule has 0 unspecified atom stereocenters. The van der Waals surface area contributed by atoms with Crippen molar-refractivity contribution in [2.75, 3.05) is 6.61 Å². The fourth-order valence-corrected chi connectivity index (χ4v) is 4.91. The maximum Gasteiger partial charge on any atom is 0.0651 e. The average molecular weight is 361 g/mol. The van der Waals surface area contributed by atoms with Crippen LogP contribution in [-0.4, -0.2) is 12.7 Å². The largest absolute Gasteiger partial charge is 0.374 e. The minimum atomic E-state index is 0.533. The Kier molecular flexibility index (Phi) is 11.4. The van der Waals surface area contributed by atoms with Crippen LogP contribution in [0.2, 0.25) is 0 Å². The Morgan fingerprint density at radius 3 is 1.85 bits per heavy atom. The molecule has 1 nitrogen and oxygen atoms in total. The van der Waals surface area contributed by atoms with E-state index in [0.29, 0.717) is 6.10 Å². The highest BCUT2D eigenvalue weighted by atomic mass is 16.5. The predicted octanol–water partition coefficient (Wildman–Crippen LogP) is 7.86.